The van der Waals surface area contributed by atoms with Crippen molar-refractivity contribution in [3.05, 3.63) is 46.6 Å². The smallest absolute Gasteiger partial charge is 0.416 e. The van der Waals surface area contributed by atoms with Crippen LogP contribution in [-0.2, 0) is 4.74 Å². The van der Waals surface area contributed by atoms with Gasteiger partial charge < -0.3 is 15.2 Å². The summed E-state index contributed by atoms with van der Waals surface area (Å²) in [5.74, 6) is -1.69. The molecule has 1 unspecified atom stereocenters. The van der Waals surface area contributed by atoms with Crippen molar-refractivity contribution in [1.82, 2.24) is 9.97 Å². The third kappa shape index (κ3) is 3.93. The summed E-state index contributed by atoms with van der Waals surface area (Å²) < 4.78 is 32.8. The van der Waals surface area contributed by atoms with Crippen LogP contribution in [0.2, 0.25) is 5.02 Å². The number of amides is 1. The zero-order chi connectivity index (χ0) is 19.7. The number of anilines is 2. The van der Waals surface area contributed by atoms with Gasteiger partial charge in [-0.25, -0.2) is 23.5 Å². The van der Waals surface area contributed by atoms with E-state index in [2.05, 4.69) is 15.3 Å². The van der Waals surface area contributed by atoms with Gasteiger partial charge in [0.1, 0.15) is 18.5 Å². The van der Waals surface area contributed by atoms with E-state index >= 15 is 0 Å². The number of aromatic nitrogens is 2. The Balaban J connectivity index is 1.86. The Morgan fingerprint density at radius 3 is 2.78 bits per heavy atom. The maximum Gasteiger partial charge on any atom is 0.416 e. The molecule has 10 heteroatoms. The lowest BCUT2D eigenvalue weighted by Gasteiger charge is -2.23. The number of nitrogens with zero attached hydrogens (tertiary/aromatic N) is 3. The minimum absolute atomic E-state index is 0.00276. The summed E-state index contributed by atoms with van der Waals surface area (Å²) in [6.07, 6.45) is -0.847. The van der Waals surface area contributed by atoms with Crippen molar-refractivity contribution in [2.24, 2.45) is 0 Å². The van der Waals surface area contributed by atoms with Crippen molar-refractivity contribution in [2.75, 3.05) is 16.8 Å². The molecule has 2 heterocycles. The molecule has 1 aromatic carbocycles. The van der Waals surface area contributed by atoms with E-state index in [1.54, 1.807) is 13.0 Å². The number of halogens is 3. The van der Waals surface area contributed by atoms with Crippen LogP contribution in [0.25, 0.3) is 0 Å². The van der Waals surface area contributed by atoms with Gasteiger partial charge in [-0.3, -0.25) is 0 Å². The fraction of sp³-hybridized carbons (Fsp3) is 0.353. The third-order valence-electron chi connectivity index (χ3n) is 4.21. The minimum atomic E-state index is -0.946. The van der Waals surface area contributed by atoms with E-state index in [4.69, 9.17) is 16.3 Å². The second-order valence-corrected chi connectivity index (χ2v) is 6.57. The van der Waals surface area contributed by atoms with Crippen LogP contribution >= 0.6 is 11.6 Å². The highest BCUT2D eigenvalue weighted by Gasteiger charge is 2.39. The zero-order valence-corrected chi connectivity index (χ0v) is 15.2. The first-order chi connectivity index (χ1) is 12.8. The fourth-order valence-corrected chi connectivity index (χ4v) is 2.81. The zero-order valence-electron chi connectivity index (χ0n) is 14.5. The standard InChI is InChI=1S/C17H17ClF2N4O3/c1-8(10-3-4-11(18)12(19)5-10)22-16-21-6-13(20)15(23-16)24-14(9(2)25)7-27-17(24)26/h3-6,8-9,14,25H,7H2,1-2H3,(H,21,22,23)/t8-,9+,14?/m0/s1. The monoisotopic (exact) mass is 398 g/mol. The Hall–Kier alpha value is -2.52. The molecule has 1 aliphatic rings. The van der Waals surface area contributed by atoms with Gasteiger partial charge in [-0.1, -0.05) is 17.7 Å². The van der Waals surface area contributed by atoms with Crippen LogP contribution < -0.4 is 10.2 Å². The number of carbonyl (C=O) groups is 1. The summed E-state index contributed by atoms with van der Waals surface area (Å²) in [4.78, 5) is 20.8. The van der Waals surface area contributed by atoms with Crippen LogP contribution in [0.1, 0.15) is 25.5 Å². The van der Waals surface area contributed by atoms with Crippen molar-refractivity contribution >= 4 is 29.5 Å². The van der Waals surface area contributed by atoms with Crippen LogP contribution in [0, 0.1) is 11.6 Å². The van der Waals surface area contributed by atoms with Crippen LogP contribution in [0.5, 0.6) is 0 Å². The molecule has 27 heavy (non-hydrogen) atoms. The summed E-state index contributed by atoms with van der Waals surface area (Å²) in [6, 6.07) is 3.14. The lowest BCUT2D eigenvalue weighted by Crippen LogP contribution is -2.42. The number of carbonyl (C=O) groups excluding carboxylic acids is 1. The molecule has 0 saturated carbocycles. The fourth-order valence-electron chi connectivity index (χ4n) is 2.69. The van der Waals surface area contributed by atoms with Crippen LogP contribution in [0.4, 0.5) is 25.3 Å². The summed E-state index contributed by atoms with van der Waals surface area (Å²) in [5, 5.41) is 12.7. The van der Waals surface area contributed by atoms with Gasteiger partial charge in [0.25, 0.3) is 0 Å². The van der Waals surface area contributed by atoms with Gasteiger partial charge in [0.05, 0.1) is 23.4 Å². The van der Waals surface area contributed by atoms with Crippen molar-refractivity contribution in [3.8, 4) is 0 Å². The van der Waals surface area contributed by atoms with E-state index in [0.717, 1.165) is 11.1 Å². The SMILES string of the molecule is C[C@H](Nc1ncc(F)c(N2C(=O)OCC2[C@@H](C)O)n1)c1ccc(Cl)c(F)c1. The molecular weight excluding hydrogens is 382 g/mol. The normalized spacial score (nSPS) is 19.0. The first kappa shape index (κ1) is 19.2. The van der Waals surface area contributed by atoms with Gasteiger partial charge in [0.15, 0.2) is 11.6 Å². The van der Waals surface area contributed by atoms with Crippen molar-refractivity contribution in [3.63, 3.8) is 0 Å². The molecular formula is C17H17ClF2N4O3. The van der Waals surface area contributed by atoms with E-state index in [1.807, 2.05) is 0 Å². The number of ether oxygens (including phenoxy) is 1. The average Bonchev–Trinajstić information content (AvgIpc) is 3.00. The molecule has 144 valence electrons. The third-order valence-corrected chi connectivity index (χ3v) is 4.51. The molecule has 0 spiro atoms. The van der Waals surface area contributed by atoms with Crippen molar-refractivity contribution in [1.29, 1.82) is 0 Å². The maximum atomic E-state index is 14.2. The molecule has 1 aromatic heterocycles. The molecule has 1 amide bonds. The Labute approximate surface area is 158 Å². The van der Waals surface area contributed by atoms with E-state index in [0.29, 0.717) is 5.56 Å². The highest BCUT2D eigenvalue weighted by atomic mass is 35.5. The van der Waals surface area contributed by atoms with E-state index in [1.165, 1.54) is 19.1 Å². The summed E-state index contributed by atoms with van der Waals surface area (Å²) >= 11 is 5.68. The Morgan fingerprint density at radius 1 is 1.37 bits per heavy atom. The predicted octanol–water partition coefficient (Wildman–Crippen LogP) is 3.29. The Bertz CT molecular complexity index is 868. The number of aliphatic hydroxyl groups excluding tert-OH is 1. The van der Waals surface area contributed by atoms with Crippen molar-refractivity contribution < 1.29 is 23.4 Å². The van der Waals surface area contributed by atoms with Gasteiger partial charge in [0.2, 0.25) is 5.95 Å². The molecule has 2 aromatic rings. The van der Waals surface area contributed by atoms with Crippen LogP contribution in [0.15, 0.2) is 24.4 Å². The molecule has 1 aliphatic heterocycles. The lowest BCUT2D eigenvalue weighted by atomic mass is 10.1. The number of hydrogen-bond acceptors (Lipinski definition) is 6. The molecule has 0 aliphatic carbocycles. The number of benzene rings is 1. The molecule has 0 bridgehead atoms. The van der Waals surface area contributed by atoms with Crippen molar-refractivity contribution in [2.45, 2.75) is 32.0 Å². The molecule has 1 fully saturated rings. The molecule has 2 N–H and O–H groups in total. The van der Waals surface area contributed by atoms with Crippen LogP contribution in [-0.4, -0.2) is 39.9 Å². The first-order valence-corrected chi connectivity index (χ1v) is 8.53. The molecule has 0 radical (unpaired) electrons. The molecule has 7 nitrogen and oxygen atoms in total. The van der Waals surface area contributed by atoms with Gasteiger partial charge >= 0.3 is 6.09 Å². The number of hydrogen-bond donors (Lipinski definition) is 2. The van der Waals surface area contributed by atoms with Gasteiger partial charge in [-0.2, -0.15) is 4.98 Å². The number of rotatable bonds is 5. The summed E-state index contributed by atoms with van der Waals surface area (Å²) in [6.45, 7) is 3.12. The highest BCUT2D eigenvalue weighted by Crippen LogP contribution is 2.28. The number of cyclic esters (lactones) is 1. The second-order valence-electron chi connectivity index (χ2n) is 6.16. The second kappa shape index (κ2) is 7.61. The largest absolute Gasteiger partial charge is 0.447 e. The van der Waals surface area contributed by atoms with E-state index in [9.17, 15) is 18.7 Å². The predicted molar refractivity (Wildman–Crippen MR) is 94.7 cm³/mol. The number of nitrogens with one attached hydrogen (secondary N) is 1. The summed E-state index contributed by atoms with van der Waals surface area (Å²) in [5.41, 5.74) is 0.578. The molecule has 3 atom stereocenters. The van der Waals surface area contributed by atoms with E-state index < -0.39 is 35.9 Å². The quantitative estimate of drug-likeness (QED) is 0.803. The number of aliphatic hydroxyl groups is 1. The summed E-state index contributed by atoms with van der Waals surface area (Å²) in [7, 11) is 0. The van der Waals surface area contributed by atoms with Gasteiger partial charge in [-0.05, 0) is 31.5 Å². The van der Waals surface area contributed by atoms with E-state index in [-0.39, 0.29) is 23.4 Å². The average molecular weight is 399 g/mol. The maximum absolute atomic E-state index is 14.2. The molecule has 3 rings (SSSR count). The lowest BCUT2D eigenvalue weighted by molar-refractivity contribution is 0.142. The minimum Gasteiger partial charge on any atom is -0.447 e. The van der Waals surface area contributed by atoms with Gasteiger partial charge in [-0.15, -0.1) is 0 Å². The van der Waals surface area contributed by atoms with Crippen LogP contribution in [0.3, 0.4) is 0 Å². The highest BCUT2D eigenvalue weighted by molar-refractivity contribution is 6.30. The Kier molecular flexibility index (Phi) is 5.43. The topological polar surface area (TPSA) is 87.6 Å². The first-order valence-electron chi connectivity index (χ1n) is 8.16. The molecule has 1 saturated heterocycles. The Morgan fingerprint density at radius 2 is 2.11 bits per heavy atom. The van der Waals surface area contributed by atoms with Gasteiger partial charge in [0, 0.05) is 0 Å².